The van der Waals surface area contributed by atoms with Gasteiger partial charge in [0.15, 0.2) is 5.82 Å². The van der Waals surface area contributed by atoms with Crippen molar-refractivity contribution in [2.24, 2.45) is 0 Å². The smallest absolute Gasteiger partial charge is 0.338 e. The van der Waals surface area contributed by atoms with Crippen LogP contribution in [-0.2, 0) is 0 Å². The number of benzene rings is 2. The predicted molar refractivity (Wildman–Crippen MR) is 72.7 cm³/mol. The molecule has 0 fully saturated rings. The van der Waals surface area contributed by atoms with E-state index < -0.39 is 29.1 Å². The Kier molecular flexibility index (Phi) is 4.18. The number of aromatic carboxylic acids is 1. The van der Waals surface area contributed by atoms with E-state index in [4.69, 9.17) is 16.7 Å². The van der Waals surface area contributed by atoms with Crippen molar-refractivity contribution in [2.45, 2.75) is 0 Å². The van der Waals surface area contributed by atoms with Gasteiger partial charge in [0.2, 0.25) is 0 Å². The summed E-state index contributed by atoms with van der Waals surface area (Å²) in [5, 5.41) is 10.9. The highest BCUT2D eigenvalue weighted by atomic mass is 35.5. The van der Waals surface area contributed by atoms with Crippen LogP contribution in [-0.4, -0.2) is 17.0 Å². The highest BCUT2D eigenvalue weighted by Crippen LogP contribution is 2.20. The van der Waals surface area contributed by atoms with Gasteiger partial charge in [-0.25, -0.2) is 13.6 Å². The van der Waals surface area contributed by atoms with Crippen LogP contribution in [0.25, 0.3) is 0 Å². The summed E-state index contributed by atoms with van der Waals surface area (Å²) >= 11 is 5.57. The average molecular weight is 312 g/mol. The summed E-state index contributed by atoms with van der Waals surface area (Å²) in [7, 11) is 0. The molecule has 0 spiro atoms. The molecule has 0 radical (unpaired) electrons. The monoisotopic (exact) mass is 311 g/mol. The number of hydrogen-bond acceptors (Lipinski definition) is 2. The molecular formula is C14H8ClF2NO3. The van der Waals surface area contributed by atoms with Gasteiger partial charge in [0.1, 0.15) is 5.82 Å². The van der Waals surface area contributed by atoms with Crippen molar-refractivity contribution >= 4 is 29.2 Å². The minimum Gasteiger partial charge on any atom is -0.478 e. The van der Waals surface area contributed by atoms with E-state index in [1.165, 1.54) is 24.3 Å². The summed E-state index contributed by atoms with van der Waals surface area (Å²) in [5.74, 6) is -4.12. The average Bonchev–Trinajstić information content (AvgIpc) is 2.43. The first-order valence-corrected chi connectivity index (χ1v) is 6.06. The molecule has 0 aliphatic rings. The van der Waals surface area contributed by atoms with Crippen LogP contribution in [0.1, 0.15) is 20.7 Å². The first-order valence-electron chi connectivity index (χ1n) is 5.68. The molecule has 0 saturated heterocycles. The second-order valence-corrected chi connectivity index (χ2v) is 4.46. The molecule has 7 heteroatoms. The van der Waals surface area contributed by atoms with Gasteiger partial charge in [-0.3, -0.25) is 4.79 Å². The Balaban J connectivity index is 2.30. The molecule has 2 N–H and O–H groups in total. The van der Waals surface area contributed by atoms with E-state index in [1.807, 2.05) is 0 Å². The molecule has 0 aliphatic carbocycles. The lowest BCUT2D eigenvalue weighted by atomic mass is 10.1. The van der Waals surface area contributed by atoms with Crippen molar-refractivity contribution in [2.75, 3.05) is 5.32 Å². The molecular weight excluding hydrogens is 304 g/mol. The molecule has 108 valence electrons. The number of amides is 1. The van der Waals surface area contributed by atoms with E-state index in [-0.39, 0.29) is 16.3 Å². The van der Waals surface area contributed by atoms with Gasteiger partial charge in [0.05, 0.1) is 16.1 Å². The Bertz CT molecular complexity index is 734. The molecule has 0 atom stereocenters. The van der Waals surface area contributed by atoms with Gasteiger partial charge in [-0.2, -0.15) is 0 Å². The number of carbonyl (C=O) groups is 2. The molecule has 2 aromatic rings. The normalized spacial score (nSPS) is 10.2. The Morgan fingerprint density at radius 2 is 1.81 bits per heavy atom. The Hall–Kier alpha value is -2.47. The number of rotatable bonds is 3. The lowest BCUT2D eigenvalue weighted by Gasteiger charge is -2.08. The van der Waals surface area contributed by atoms with Crippen LogP contribution < -0.4 is 5.32 Å². The molecule has 4 nitrogen and oxygen atoms in total. The van der Waals surface area contributed by atoms with Crippen LogP contribution in [0, 0.1) is 11.6 Å². The maximum atomic E-state index is 13.7. The van der Waals surface area contributed by atoms with E-state index >= 15 is 0 Å². The van der Waals surface area contributed by atoms with Crippen LogP contribution in [0.4, 0.5) is 14.5 Å². The maximum absolute atomic E-state index is 13.7. The molecule has 2 aromatic carbocycles. The standard InChI is InChI=1S/C14H8ClF2NO3/c15-10-3-1-2-8(12(10)17)13(19)18-7-4-5-11(16)9(6-7)14(20)21/h1-6H,(H,18,19)(H,20,21). The third kappa shape index (κ3) is 3.17. The zero-order chi connectivity index (χ0) is 15.6. The van der Waals surface area contributed by atoms with Crippen LogP contribution in [0.15, 0.2) is 36.4 Å². The zero-order valence-electron chi connectivity index (χ0n) is 10.4. The van der Waals surface area contributed by atoms with E-state index in [9.17, 15) is 18.4 Å². The Morgan fingerprint density at radius 3 is 2.48 bits per heavy atom. The number of halogens is 3. The summed E-state index contributed by atoms with van der Waals surface area (Å²) in [5.41, 5.74) is -0.874. The Labute approximate surface area is 123 Å². The molecule has 0 saturated carbocycles. The minimum atomic E-state index is -1.47. The van der Waals surface area contributed by atoms with Gasteiger partial charge in [-0.05, 0) is 30.3 Å². The number of carboxylic acids is 1. The second kappa shape index (κ2) is 5.88. The van der Waals surface area contributed by atoms with Crippen molar-refractivity contribution in [3.8, 4) is 0 Å². The molecule has 0 aromatic heterocycles. The van der Waals surface area contributed by atoms with Crippen LogP contribution in [0.5, 0.6) is 0 Å². The highest BCUT2D eigenvalue weighted by molar-refractivity contribution is 6.31. The fraction of sp³-hybridized carbons (Fsp3) is 0. The number of nitrogens with one attached hydrogen (secondary N) is 1. The van der Waals surface area contributed by atoms with Crippen LogP contribution in [0.2, 0.25) is 5.02 Å². The highest BCUT2D eigenvalue weighted by Gasteiger charge is 2.16. The van der Waals surface area contributed by atoms with E-state index in [0.29, 0.717) is 0 Å². The van der Waals surface area contributed by atoms with E-state index in [0.717, 1.165) is 12.1 Å². The molecule has 21 heavy (non-hydrogen) atoms. The fourth-order valence-corrected chi connectivity index (χ4v) is 1.82. The second-order valence-electron chi connectivity index (χ2n) is 4.06. The summed E-state index contributed by atoms with van der Waals surface area (Å²) in [4.78, 5) is 22.7. The third-order valence-corrected chi connectivity index (χ3v) is 2.94. The topological polar surface area (TPSA) is 66.4 Å². The first kappa shape index (κ1) is 14.9. The fourth-order valence-electron chi connectivity index (χ4n) is 1.64. The Morgan fingerprint density at radius 1 is 1.10 bits per heavy atom. The number of carbonyl (C=O) groups excluding carboxylic acids is 1. The van der Waals surface area contributed by atoms with Crippen molar-refractivity contribution in [3.63, 3.8) is 0 Å². The maximum Gasteiger partial charge on any atom is 0.338 e. The number of hydrogen-bond donors (Lipinski definition) is 2. The van der Waals surface area contributed by atoms with Gasteiger partial charge in [-0.1, -0.05) is 17.7 Å². The number of anilines is 1. The van der Waals surface area contributed by atoms with Crippen molar-refractivity contribution < 1.29 is 23.5 Å². The van der Waals surface area contributed by atoms with Gasteiger partial charge in [-0.15, -0.1) is 0 Å². The van der Waals surface area contributed by atoms with Crippen LogP contribution >= 0.6 is 11.6 Å². The van der Waals surface area contributed by atoms with Gasteiger partial charge < -0.3 is 10.4 Å². The van der Waals surface area contributed by atoms with Gasteiger partial charge in [0.25, 0.3) is 5.91 Å². The van der Waals surface area contributed by atoms with E-state index in [1.54, 1.807) is 0 Å². The molecule has 0 unspecified atom stereocenters. The lowest BCUT2D eigenvalue weighted by molar-refractivity contribution is 0.0691. The zero-order valence-corrected chi connectivity index (χ0v) is 11.1. The molecule has 2 rings (SSSR count). The quantitative estimate of drug-likeness (QED) is 0.910. The van der Waals surface area contributed by atoms with Crippen molar-refractivity contribution in [1.82, 2.24) is 0 Å². The minimum absolute atomic E-state index is 0.0261. The molecule has 1 amide bonds. The largest absolute Gasteiger partial charge is 0.478 e. The van der Waals surface area contributed by atoms with Gasteiger partial charge >= 0.3 is 5.97 Å². The summed E-state index contributed by atoms with van der Waals surface area (Å²) < 4.78 is 26.9. The van der Waals surface area contributed by atoms with Crippen molar-refractivity contribution in [3.05, 3.63) is 64.2 Å². The third-order valence-electron chi connectivity index (χ3n) is 2.65. The molecule has 0 bridgehead atoms. The van der Waals surface area contributed by atoms with Gasteiger partial charge in [0, 0.05) is 5.69 Å². The van der Waals surface area contributed by atoms with E-state index in [2.05, 4.69) is 5.32 Å². The first-order chi connectivity index (χ1) is 9.90. The van der Waals surface area contributed by atoms with Crippen LogP contribution in [0.3, 0.4) is 0 Å². The molecule has 0 heterocycles. The molecule has 0 aliphatic heterocycles. The summed E-state index contributed by atoms with van der Waals surface area (Å²) in [6.07, 6.45) is 0. The lowest BCUT2D eigenvalue weighted by Crippen LogP contribution is -2.14. The number of carboxylic acid groups (broad SMARTS) is 1. The summed E-state index contributed by atoms with van der Waals surface area (Å²) in [6, 6.07) is 6.91. The predicted octanol–water partition coefficient (Wildman–Crippen LogP) is 3.57. The van der Waals surface area contributed by atoms with Crippen molar-refractivity contribution in [1.29, 1.82) is 0 Å². The SMILES string of the molecule is O=C(O)c1cc(NC(=O)c2cccc(Cl)c2F)ccc1F. The summed E-state index contributed by atoms with van der Waals surface area (Å²) in [6.45, 7) is 0.